The SMILES string of the molecule is CCCN1CCCCC1c1cccnc1NC(=O)OC(C)(C)C. The van der Waals surface area contributed by atoms with Crippen molar-refractivity contribution >= 4 is 11.9 Å². The van der Waals surface area contributed by atoms with Crippen LogP contribution in [0.3, 0.4) is 0 Å². The molecule has 1 atom stereocenters. The number of piperidine rings is 1. The fourth-order valence-corrected chi connectivity index (χ4v) is 3.09. The van der Waals surface area contributed by atoms with Gasteiger partial charge in [-0.1, -0.05) is 19.4 Å². The van der Waals surface area contributed by atoms with E-state index in [1.54, 1.807) is 6.20 Å². The van der Waals surface area contributed by atoms with Crippen LogP contribution in [0, 0.1) is 0 Å². The van der Waals surface area contributed by atoms with Crippen LogP contribution in [0.15, 0.2) is 18.3 Å². The van der Waals surface area contributed by atoms with E-state index >= 15 is 0 Å². The largest absolute Gasteiger partial charge is 0.444 e. The Morgan fingerprint density at radius 1 is 1.43 bits per heavy atom. The highest BCUT2D eigenvalue weighted by Gasteiger charge is 2.27. The third kappa shape index (κ3) is 5.20. The molecule has 0 saturated carbocycles. The van der Waals surface area contributed by atoms with Crippen molar-refractivity contribution in [1.82, 2.24) is 9.88 Å². The number of pyridine rings is 1. The van der Waals surface area contributed by atoms with Gasteiger partial charge in [0.2, 0.25) is 0 Å². The van der Waals surface area contributed by atoms with Crippen molar-refractivity contribution in [2.75, 3.05) is 18.4 Å². The first-order valence-corrected chi connectivity index (χ1v) is 8.59. The molecule has 0 aromatic carbocycles. The quantitative estimate of drug-likeness (QED) is 0.895. The fraction of sp³-hybridized carbons (Fsp3) is 0.667. The van der Waals surface area contributed by atoms with Gasteiger partial charge in [-0.05, 0) is 59.2 Å². The van der Waals surface area contributed by atoms with Crippen LogP contribution in [0.25, 0.3) is 0 Å². The van der Waals surface area contributed by atoms with Gasteiger partial charge < -0.3 is 4.74 Å². The molecule has 1 unspecified atom stereocenters. The molecule has 0 spiro atoms. The lowest BCUT2D eigenvalue weighted by Crippen LogP contribution is -2.35. The van der Waals surface area contributed by atoms with Crippen LogP contribution >= 0.6 is 0 Å². The Bertz CT molecular complexity index is 523. The molecule has 2 rings (SSSR count). The van der Waals surface area contributed by atoms with Gasteiger partial charge in [-0.25, -0.2) is 9.78 Å². The second-order valence-corrected chi connectivity index (χ2v) is 7.12. The molecule has 0 bridgehead atoms. The summed E-state index contributed by atoms with van der Waals surface area (Å²) in [7, 11) is 0. The van der Waals surface area contributed by atoms with Gasteiger partial charge in [0.15, 0.2) is 0 Å². The topological polar surface area (TPSA) is 54.5 Å². The number of likely N-dealkylation sites (tertiary alicyclic amines) is 1. The van der Waals surface area contributed by atoms with E-state index in [4.69, 9.17) is 4.74 Å². The second-order valence-electron chi connectivity index (χ2n) is 7.12. The van der Waals surface area contributed by atoms with Crippen LogP contribution in [0.1, 0.15) is 65.0 Å². The predicted octanol–water partition coefficient (Wildman–Crippen LogP) is 4.37. The van der Waals surface area contributed by atoms with Crippen LogP contribution in [0.4, 0.5) is 10.6 Å². The van der Waals surface area contributed by atoms with Gasteiger partial charge in [0.05, 0.1) is 0 Å². The summed E-state index contributed by atoms with van der Waals surface area (Å²) in [6, 6.07) is 4.33. The molecule has 1 aliphatic heterocycles. The monoisotopic (exact) mass is 319 g/mol. The van der Waals surface area contributed by atoms with Crippen LogP contribution in [-0.2, 0) is 4.74 Å². The number of hydrogen-bond acceptors (Lipinski definition) is 4. The van der Waals surface area contributed by atoms with E-state index in [1.807, 2.05) is 26.8 Å². The van der Waals surface area contributed by atoms with Crippen molar-refractivity contribution in [3.63, 3.8) is 0 Å². The fourth-order valence-electron chi connectivity index (χ4n) is 3.09. The molecule has 5 nitrogen and oxygen atoms in total. The van der Waals surface area contributed by atoms with E-state index in [1.165, 1.54) is 12.8 Å². The van der Waals surface area contributed by atoms with Crippen molar-refractivity contribution in [2.45, 2.75) is 65.0 Å². The average Bonchev–Trinajstić information content (AvgIpc) is 2.47. The average molecular weight is 319 g/mol. The molecule has 0 aliphatic carbocycles. The Morgan fingerprint density at radius 2 is 2.22 bits per heavy atom. The van der Waals surface area contributed by atoms with E-state index in [0.29, 0.717) is 11.9 Å². The van der Waals surface area contributed by atoms with Gasteiger partial charge >= 0.3 is 6.09 Å². The molecule has 1 aromatic rings. The number of anilines is 1. The molecule has 23 heavy (non-hydrogen) atoms. The lowest BCUT2D eigenvalue weighted by Gasteiger charge is -2.36. The Hall–Kier alpha value is -1.62. The Balaban J connectivity index is 2.17. The molecule has 1 aliphatic rings. The van der Waals surface area contributed by atoms with Crippen molar-refractivity contribution in [3.05, 3.63) is 23.9 Å². The van der Waals surface area contributed by atoms with Crippen LogP contribution in [0.2, 0.25) is 0 Å². The van der Waals surface area contributed by atoms with Crippen LogP contribution < -0.4 is 5.32 Å². The van der Waals surface area contributed by atoms with Crippen molar-refractivity contribution in [3.8, 4) is 0 Å². The highest BCUT2D eigenvalue weighted by molar-refractivity contribution is 5.84. The van der Waals surface area contributed by atoms with E-state index in [0.717, 1.165) is 31.5 Å². The van der Waals surface area contributed by atoms with Crippen LogP contribution in [-0.4, -0.2) is 34.7 Å². The third-order valence-corrected chi connectivity index (χ3v) is 3.94. The summed E-state index contributed by atoms with van der Waals surface area (Å²) >= 11 is 0. The molecule has 1 aromatic heterocycles. The molecule has 128 valence electrons. The second kappa shape index (κ2) is 7.77. The summed E-state index contributed by atoms with van der Waals surface area (Å²) in [5.74, 6) is 0.620. The standard InChI is InChI=1S/C18H29N3O2/c1-5-12-21-13-7-6-10-15(21)14-9-8-11-19-16(14)20-17(22)23-18(2,3)4/h8-9,11,15H,5-7,10,12-13H2,1-4H3,(H,19,20,22). The minimum Gasteiger partial charge on any atom is -0.444 e. The molecule has 1 N–H and O–H groups in total. The van der Waals surface area contributed by atoms with Gasteiger partial charge in [-0.3, -0.25) is 10.2 Å². The summed E-state index contributed by atoms with van der Waals surface area (Å²) in [6.45, 7) is 9.96. The highest BCUT2D eigenvalue weighted by Crippen LogP contribution is 2.34. The minimum atomic E-state index is -0.516. The Labute approximate surface area is 139 Å². The van der Waals surface area contributed by atoms with E-state index in [2.05, 4.69) is 28.2 Å². The van der Waals surface area contributed by atoms with Gasteiger partial charge in [0.25, 0.3) is 0 Å². The van der Waals surface area contributed by atoms with E-state index < -0.39 is 11.7 Å². The summed E-state index contributed by atoms with van der Waals surface area (Å²) in [5.41, 5.74) is 0.574. The van der Waals surface area contributed by atoms with Crippen molar-refractivity contribution in [2.24, 2.45) is 0 Å². The summed E-state index contributed by atoms with van der Waals surface area (Å²) in [5, 5.41) is 2.83. The van der Waals surface area contributed by atoms with E-state index in [9.17, 15) is 4.79 Å². The number of ether oxygens (including phenoxy) is 1. The van der Waals surface area contributed by atoms with Gasteiger partial charge in [-0.2, -0.15) is 0 Å². The normalized spacial score (nSPS) is 19.4. The molecule has 1 saturated heterocycles. The molecule has 1 fully saturated rings. The molecule has 1 amide bonds. The maximum absolute atomic E-state index is 12.1. The van der Waals surface area contributed by atoms with Gasteiger partial charge in [0.1, 0.15) is 11.4 Å². The maximum Gasteiger partial charge on any atom is 0.413 e. The zero-order valence-corrected chi connectivity index (χ0v) is 14.8. The third-order valence-electron chi connectivity index (χ3n) is 3.94. The Kier molecular flexibility index (Phi) is 5.99. The van der Waals surface area contributed by atoms with Gasteiger partial charge in [0, 0.05) is 17.8 Å². The molecule has 2 heterocycles. The molecular formula is C18H29N3O2. The maximum atomic E-state index is 12.1. The number of carbonyl (C=O) groups excluding carboxylic acids is 1. The van der Waals surface area contributed by atoms with E-state index in [-0.39, 0.29) is 0 Å². The first kappa shape index (κ1) is 17.7. The number of carbonyl (C=O) groups is 1. The molecule has 5 heteroatoms. The summed E-state index contributed by atoms with van der Waals surface area (Å²) in [4.78, 5) is 19.0. The summed E-state index contributed by atoms with van der Waals surface area (Å²) in [6.07, 6.45) is 5.95. The lowest BCUT2D eigenvalue weighted by molar-refractivity contribution is 0.0634. The number of amides is 1. The lowest BCUT2D eigenvalue weighted by atomic mass is 9.95. The molecule has 0 radical (unpaired) electrons. The first-order chi connectivity index (χ1) is 10.9. The number of nitrogens with one attached hydrogen (secondary N) is 1. The minimum absolute atomic E-state index is 0.322. The smallest absolute Gasteiger partial charge is 0.413 e. The number of rotatable bonds is 4. The number of nitrogens with zero attached hydrogens (tertiary/aromatic N) is 2. The predicted molar refractivity (Wildman–Crippen MR) is 92.5 cm³/mol. The van der Waals surface area contributed by atoms with Gasteiger partial charge in [-0.15, -0.1) is 0 Å². The highest BCUT2D eigenvalue weighted by atomic mass is 16.6. The van der Waals surface area contributed by atoms with Crippen molar-refractivity contribution < 1.29 is 9.53 Å². The van der Waals surface area contributed by atoms with Crippen LogP contribution in [0.5, 0.6) is 0 Å². The zero-order valence-electron chi connectivity index (χ0n) is 14.8. The molecular weight excluding hydrogens is 290 g/mol. The zero-order chi connectivity index (χ0) is 16.9. The summed E-state index contributed by atoms with van der Waals surface area (Å²) < 4.78 is 5.35. The Morgan fingerprint density at radius 3 is 2.91 bits per heavy atom. The number of aromatic nitrogens is 1. The van der Waals surface area contributed by atoms with Crippen molar-refractivity contribution in [1.29, 1.82) is 0 Å². The first-order valence-electron chi connectivity index (χ1n) is 8.59. The number of hydrogen-bond donors (Lipinski definition) is 1.